The number of hydrogen-bond donors (Lipinski definition) is 0. The van der Waals surface area contributed by atoms with Crippen molar-refractivity contribution in [1.29, 1.82) is 0 Å². The van der Waals surface area contributed by atoms with Crippen molar-refractivity contribution in [2.75, 3.05) is 5.75 Å². The molecule has 1 aromatic heterocycles. The first-order valence-corrected chi connectivity index (χ1v) is 4.67. The summed E-state index contributed by atoms with van der Waals surface area (Å²) in [6, 6.07) is 4.04. The van der Waals surface area contributed by atoms with Gasteiger partial charge in [-0.1, -0.05) is 0 Å². The molecule has 0 aliphatic carbocycles. The van der Waals surface area contributed by atoms with Gasteiger partial charge in [-0.3, -0.25) is 0 Å². The van der Waals surface area contributed by atoms with E-state index in [0.29, 0.717) is 5.25 Å². The van der Waals surface area contributed by atoms with Crippen molar-refractivity contribution in [2.24, 2.45) is 0 Å². The zero-order valence-corrected chi connectivity index (χ0v) is 6.56. The average molecular weight is 154 g/mol. The minimum absolute atomic E-state index is 0.648. The standard InChI is InChI=1S/C8H10OS/c1-3-7(9-5-1)8-4-2-6-10-8/h1,3,5,8H,2,4,6H2/t8-/m0/s1. The number of rotatable bonds is 1. The summed E-state index contributed by atoms with van der Waals surface area (Å²) >= 11 is 2.01. The smallest absolute Gasteiger partial charge is 0.116 e. The molecule has 0 unspecified atom stereocenters. The fourth-order valence-electron chi connectivity index (χ4n) is 1.28. The molecule has 1 aliphatic heterocycles. The maximum Gasteiger partial charge on any atom is 0.116 e. The summed E-state index contributed by atoms with van der Waals surface area (Å²) < 4.78 is 5.30. The zero-order valence-electron chi connectivity index (χ0n) is 5.75. The van der Waals surface area contributed by atoms with Crippen LogP contribution in [0.3, 0.4) is 0 Å². The van der Waals surface area contributed by atoms with Crippen LogP contribution in [0.4, 0.5) is 0 Å². The Hall–Kier alpha value is -0.370. The van der Waals surface area contributed by atoms with Crippen molar-refractivity contribution >= 4 is 11.8 Å². The predicted octanol–water partition coefficient (Wildman–Crippen LogP) is 2.85. The molecule has 2 heterocycles. The van der Waals surface area contributed by atoms with Crippen molar-refractivity contribution in [3.05, 3.63) is 24.2 Å². The summed E-state index contributed by atoms with van der Waals surface area (Å²) in [4.78, 5) is 0. The van der Waals surface area contributed by atoms with E-state index in [1.807, 2.05) is 17.8 Å². The highest BCUT2D eigenvalue weighted by atomic mass is 32.2. The predicted molar refractivity (Wildman–Crippen MR) is 43.1 cm³/mol. The zero-order chi connectivity index (χ0) is 6.81. The first-order chi connectivity index (χ1) is 4.97. The molecule has 0 radical (unpaired) electrons. The molecule has 0 aromatic carbocycles. The average Bonchev–Trinajstić information content (AvgIpc) is 2.59. The SMILES string of the molecule is c1coc([C@@H]2CCCS2)c1. The molecule has 0 saturated carbocycles. The molecule has 2 heteroatoms. The topological polar surface area (TPSA) is 13.1 Å². The van der Waals surface area contributed by atoms with Gasteiger partial charge in [0.05, 0.1) is 11.5 Å². The highest BCUT2D eigenvalue weighted by Gasteiger charge is 2.19. The van der Waals surface area contributed by atoms with Crippen LogP contribution >= 0.6 is 11.8 Å². The number of furan rings is 1. The Kier molecular flexibility index (Phi) is 1.72. The van der Waals surface area contributed by atoms with Gasteiger partial charge >= 0.3 is 0 Å². The largest absolute Gasteiger partial charge is 0.468 e. The van der Waals surface area contributed by atoms with Crippen LogP contribution in [0.25, 0.3) is 0 Å². The van der Waals surface area contributed by atoms with Gasteiger partial charge < -0.3 is 4.42 Å². The lowest BCUT2D eigenvalue weighted by Gasteiger charge is -2.01. The Morgan fingerprint density at radius 3 is 3.20 bits per heavy atom. The first kappa shape index (κ1) is 6.35. The summed E-state index contributed by atoms with van der Waals surface area (Å²) in [5.74, 6) is 2.45. The molecule has 1 atom stereocenters. The van der Waals surface area contributed by atoms with E-state index in [9.17, 15) is 0 Å². The second-order valence-electron chi connectivity index (χ2n) is 2.52. The molecule has 0 bridgehead atoms. The molecular weight excluding hydrogens is 144 g/mol. The van der Waals surface area contributed by atoms with Gasteiger partial charge in [0.2, 0.25) is 0 Å². The second-order valence-corrected chi connectivity index (χ2v) is 3.83. The summed E-state index contributed by atoms with van der Waals surface area (Å²) in [6.07, 6.45) is 4.39. The highest BCUT2D eigenvalue weighted by Crippen LogP contribution is 2.39. The quantitative estimate of drug-likeness (QED) is 0.617. The Morgan fingerprint density at radius 1 is 1.60 bits per heavy atom. The summed E-state index contributed by atoms with van der Waals surface area (Å²) in [7, 11) is 0. The van der Waals surface area contributed by atoms with E-state index in [4.69, 9.17) is 4.42 Å². The van der Waals surface area contributed by atoms with Crippen LogP contribution in [-0.2, 0) is 0 Å². The number of hydrogen-bond acceptors (Lipinski definition) is 2. The van der Waals surface area contributed by atoms with Gasteiger partial charge in [-0.2, -0.15) is 11.8 Å². The second kappa shape index (κ2) is 2.70. The van der Waals surface area contributed by atoms with Gasteiger partial charge in [0.1, 0.15) is 5.76 Å². The molecule has 1 nitrogen and oxygen atoms in total. The van der Waals surface area contributed by atoms with Crippen molar-refractivity contribution < 1.29 is 4.42 Å². The van der Waals surface area contributed by atoms with Crippen LogP contribution in [0.2, 0.25) is 0 Å². The lowest BCUT2D eigenvalue weighted by Crippen LogP contribution is -1.82. The first-order valence-electron chi connectivity index (χ1n) is 3.62. The summed E-state index contributed by atoms with van der Waals surface area (Å²) in [6.45, 7) is 0. The van der Waals surface area contributed by atoms with Crippen LogP contribution in [0.15, 0.2) is 22.8 Å². The van der Waals surface area contributed by atoms with Gasteiger partial charge in [-0.05, 0) is 30.7 Å². The monoisotopic (exact) mass is 154 g/mol. The fraction of sp³-hybridized carbons (Fsp3) is 0.500. The van der Waals surface area contributed by atoms with Crippen LogP contribution in [-0.4, -0.2) is 5.75 Å². The van der Waals surface area contributed by atoms with Gasteiger partial charge in [0.15, 0.2) is 0 Å². The summed E-state index contributed by atoms with van der Waals surface area (Å²) in [5.41, 5.74) is 0. The molecule has 0 amide bonds. The van der Waals surface area contributed by atoms with E-state index in [1.54, 1.807) is 6.26 Å². The van der Waals surface area contributed by atoms with E-state index in [2.05, 4.69) is 6.07 Å². The Morgan fingerprint density at radius 2 is 2.60 bits per heavy atom. The Bertz CT molecular complexity index is 187. The minimum Gasteiger partial charge on any atom is -0.468 e. The maximum atomic E-state index is 5.30. The van der Waals surface area contributed by atoms with E-state index < -0.39 is 0 Å². The molecule has 1 fully saturated rings. The van der Waals surface area contributed by atoms with Crippen molar-refractivity contribution in [3.63, 3.8) is 0 Å². The molecular formula is C8H10OS. The minimum atomic E-state index is 0.648. The summed E-state index contributed by atoms with van der Waals surface area (Å²) in [5, 5.41) is 0.648. The van der Waals surface area contributed by atoms with Crippen molar-refractivity contribution in [1.82, 2.24) is 0 Å². The lowest BCUT2D eigenvalue weighted by molar-refractivity contribution is 0.501. The third kappa shape index (κ3) is 1.08. The molecule has 0 spiro atoms. The van der Waals surface area contributed by atoms with E-state index in [1.165, 1.54) is 18.6 Å². The molecule has 54 valence electrons. The molecule has 10 heavy (non-hydrogen) atoms. The lowest BCUT2D eigenvalue weighted by atomic mass is 10.2. The Labute approximate surface area is 64.8 Å². The molecule has 2 rings (SSSR count). The van der Waals surface area contributed by atoms with Crippen LogP contribution < -0.4 is 0 Å². The molecule has 0 N–H and O–H groups in total. The molecule has 1 aliphatic rings. The van der Waals surface area contributed by atoms with Gasteiger partial charge in [-0.25, -0.2) is 0 Å². The third-order valence-electron chi connectivity index (χ3n) is 1.79. The number of thioether (sulfide) groups is 1. The van der Waals surface area contributed by atoms with Crippen molar-refractivity contribution in [2.45, 2.75) is 18.1 Å². The van der Waals surface area contributed by atoms with E-state index in [-0.39, 0.29) is 0 Å². The van der Waals surface area contributed by atoms with E-state index in [0.717, 1.165) is 5.76 Å². The van der Waals surface area contributed by atoms with Gasteiger partial charge in [0, 0.05) is 0 Å². The van der Waals surface area contributed by atoms with Crippen molar-refractivity contribution in [3.8, 4) is 0 Å². The highest BCUT2D eigenvalue weighted by molar-refractivity contribution is 7.99. The van der Waals surface area contributed by atoms with Gasteiger partial charge in [0.25, 0.3) is 0 Å². The Balaban J connectivity index is 2.12. The van der Waals surface area contributed by atoms with E-state index >= 15 is 0 Å². The normalized spacial score (nSPS) is 25.4. The fourth-order valence-corrected chi connectivity index (χ4v) is 2.53. The molecule has 1 saturated heterocycles. The van der Waals surface area contributed by atoms with Crippen LogP contribution in [0.1, 0.15) is 23.9 Å². The van der Waals surface area contributed by atoms with Gasteiger partial charge in [-0.15, -0.1) is 0 Å². The third-order valence-corrected chi connectivity index (χ3v) is 3.18. The molecule has 1 aromatic rings. The maximum absolute atomic E-state index is 5.30. The van der Waals surface area contributed by atoms with Crippen LogP contribution in [0.5, 0.6) is 0 Å². The van der Waals surface area contributed by atoms with Crippen LogP contribution in [0, 0.1) is 0 Å².